The van der Waals surface area contributed by atoms with Gasteiger partial charge in [0.2, 0.25) is 11.4 Å². The SMILES string of the molecule is CCCCCCCCCCCCCCC#CC1=C(c2cccc(C)c2)[N+](=[N-])C(c2cccc(CCCCCCCCCCCC)c2)=C1CCCC. The Balaban J connectivity index is 1.65. The number of unbranched alkanes of at least 4 members (excludes halogenated alkanes) is 22. The second kappa shape index (κ2) is 26.8. The first kappa shape index (κ1) is 42.5. The van der Waals surface area contributed by atoms with E-state index in [4.69, 9.17) is 0 Å². The Morgan fingerprint density at radius 1 is 0.510 bits per heavy atom. The Kier molecular flexibility index (Phi) is 22.3. The predicted octanol–water partition coefficient (Wildman–Crippen LogP) is 15.9. The molecule has 2 heteroatoms. The van der Waals surface area contributed by atoms with Gasteiger partial charge in [0.15, 0.2) is 0 Å². The first-order valence-corrected chi connectivity index (χ1v) is 21.7. The lowest BCUT2D eigenvalue weighted by atomic mass is 9.94. The van der Waals surface area contributed by atoms with E-state index in [1.54, 1.807) is 0 Å². The van der Waals surface area contributed by atoms with E-state index in [0.29, 0.717) is 0 Å². The fourth-order valence-electron chi connectivity index (χ4n) is 7.59. The monoisotopic (exact) mass is 691 g/mol. The van der Waals surface area contributed by atoms with E-state index in [1.165, 1.54) is 156 Å². The molecule has 1 aliphatic heterocycles. The number of hydrogen-bond donors (Lipinski definition) is 0. The summed E-state index contributed by atoms with van der Waals surface area (Å²) in [5.41, 5.74) is 20.7. The van der Waals surface area contributed by atoms with Gasteiger partial charge in [0.05, 0.1) is 0 Å². The van der Waals surface area contributed by atoms with Crippen molar-refractivity contribution >= 4 is 11.4 Å². The van der Waals surface area contributed by atoms with Gasteiger partial charge in [-0.3, -0.25) is 0 Å². The van der Waals surface area contributed by atoms with Gasteiger partial charge in [-0.1, -0.05) is 197 Å². The van der Waals surface area contributed by atoms with Crippen LogP contribution in [0.25, 0.3) is 16.9 Å². The van der Waals surface area contributed by atoms with Crippen LogP contribution in [0.4, 0.5) is 0 Å². The third-order valence-corrected chi connectivity index (χ3v) is 10.7. The Morgan fingerprint density at radius 2 is 1.00 bits per heavy atom. The Morgan fingerprint density at radius 3 is 1.55 bits per heavy atom. The normalized spacial score (nSPS) is 13.0. The van der Waals surface area contributed by atoms with Crippen molar-refractivity contribution in [2.75, 3.05) is 0 Å². The summed E-state index contributed by atoms with van der Waals surface area (Å²) in [4.78, 5) is 0. The van der Waals surface area contributed by atoms with Gasteiger partial charge in [-0.05, 0) is 68.9 Å². The van der Waals surface area contributed by atoms with Gasteiger partial charge in [0.1, 0.15) is 5.57 Å². The molecule has 0 aliphatic carbocycles. The molecule has 0 amide bonds. The van der Waals surface area contributed by atoms with Crippen LogP contribution in [0.15, 0.2) is 59.7 Å². The lowest BCUT2D eigenvalue weighted by molar-refractivity contribution is -0.345. The van der Waals surface area contributed by atoms with Crippen LogP contribution in [0, 0.1) is 18.8 Å². The first-order valence-electron chi connectivity index (χ1n) is 21.7. The van der Waals surface area contributed by atoms with Gasteiger partial charge < -0.3 is 5.53 Å². The third kappa shape index (κ3) is 16.1. The zero-order valence-corrected chi connectivity index (χ0v) is 33.6. The molecule has 0 saturated heterocycles. The van der Waals surface area contributed by atoms with E-state index in [-0.39, 0.29) is 0 Å². The molecule has 0 atom stereocenters. The number of nitrogens with zero attached hydrogens (tertiary/aromatic N) is 2. The smallest absolute Gasteiger partial charge is 0.223 e. The Bertz CT molecular complexity index is 1400. The van der Waals surface area contributed by atoms with Crippen LogP contribution >= 0.6 is 0 Å². The third-order valence-electron chi connectivity index (χ3n) is 10.7. The van der Waals surface area contributed by atoms with E-state index in [2.05, 4.69) is 88.1 Å². The summed E-state index contributed by atoms with van der Waals surface area (Å²) in [6, 6.07) is 17.5. The van der Waals surface area contributed by atoms with E-state index < -0.39 is 0 Å². The first-order chi connectivity index (χ1) is 25.1. The van der Waals surface area contributed by atoms with Crippen molar-refractivity contribution in [1.82, 2.24) is 0 Å². The summed E-state index contributed by atoms with van der Waals surface area (Å²) < 4.78 is 1.48. The van der Waals surface area contributed by atoms with Crippen molar-refractivity contribution in [2.45, 2.75) is 201 Å². The molecule has 0 bridgehead atoms. The maximum absolute atomic E-state index is 12.0. The topological polar surface area (TPSA) is 25.3 Å². The highest BCUT2D eigenvalue weighted by Gasteiger charge is 2.35. The van der Waals surface area contributed by atoms with Crippen molar-refractivity contribution < 1.29 is 4.70 Å². The fraction of sp³-hybridized carbons (Fsp3) is 0.633. The molecule has 1 aliphatic rings. The van der Waals surface area contributed by atoms with E-state index in [0.717, 1.165) is 66.6 Å². The number of rotatable bonds is 28. The molecule has 2 aromatic rings. The van der Waals surface area contributed by atoms with Crippen LogP contribution in [0.3, 0.4) is 0 Å². The molecule has 3 rings (SSSR count). The van der Waals surface area contributed by atoms with Crippen LogP contribution in [0.5, 0.6) is 0 Å². The molecule has 0 fully saturated rings. The second-order valence-electron chi connectivity index (χ2n) is 15.4. The van der Waals surface area contributed by atoms with E-state index >= 15 is 0 Å². The molecule has 0 radical (unpaired) electrons. The predicted molar refractivity (Wildman–Crippen MR) is 224 cm³/mol. The van der Waals surface area contributed by atoms with Crippen molar-refractivity contribution in [2.24, 2.45) is 0 Å². The lowest BCUT2D eigenvalue weighted by Crippen LogP contribution is -2.03. The summed E-state index contributed by atoms with van der Waals surface area (Å²) >= 11 is 0. The molecule has 0 aromatic heterocycles. The van der Waals surface area contributed by atoms with Gasteiger partial charge in [0, 0.05) is 23.1 Å². The summed E-state index contributed by atoms with van der Waals surface area (Å²) in [6.45, 7) is 8.96. The molecule has 280 valence electrons. The molecule has 0 saturated carbocycles. The summed E-state index contributed by atoms with van der Waals surface area (Å²) in [5.74, 6) is 7.20. The minimum absolute atomic E-state index is 0.849. The van der Waals surface area contributed by atoms with Crippen LogP contribution in [0.1, 0.15) is 210 Å². The van der Waals surface area contributed by atoms with Gasteiger partial charge in [-0.15, -0.1) is 0 Å². The number of benzene rings is 2. The lowest BCUT2D eigenvalue weighted by Gasteiger charge is -2.11. The minimum Gasteiger partial charge on any atom is -0.493 e. The number of aryl methyl sites for hydroxylation is 2. The summed E-state index contributed by atoms with van der Waals surface area (Å²) in [5, 5.41) is 0. The van der Waals surface area contributed by atoms with Crippen molar-refractivity contribution in [3.63, 3.8) is 0 Å². The molecule has 2 nitrogen and oxygen atoms in total. The van der Waals surface area contributed by atoms with Crippen LogP contribution in [-0.4, -0.2) is 4.70 Å². The molecule has 0 spiro atoms. The van der Waals surface area contributed by atoms with E-state index in [9.17, 15) is 5.53 Å². The standard InChI is InChI=1S/C49H74N2/c1-5-8-11-13-15-17-19-20-21-22-24-26-28-30-39-47-46(38-10-7-3)49(51(50)48(47)44-36-31-33-42(4)40-44)45-37-32-35-43(41-45)34-29-27-25-23-18-16-14-12-9-6-2/h31-33,35-37,40-41H,5-29,34,38H2,1-4H3. The number of hydrogen-bond acceptors (Lipinski definition) is 0. The van der Waals surface area contributed by atoms with Crippen LogP contribution in [0.2, 0.25) is 0 Å². The van der Waals surface area contributed by atoms with Crippen molar-refractivity contribution in [3.05, 3.63) is 87.5 Å². The van der Waals surface area contributed by atoms with Crippen LogP contribution < -0.4 is 0 Å². The van der Waals surface area contributed by atoms with Gasteiger partial charge >= 0.3 is 0 Å². The van der Waals surface area contributed by atoms with Gasteiger partial charge in [-0.25, -0.2) is 4.70 Å². The highest BCUT2D eigenvalue weighted by molar-refractivity contribution is 5.85. The van der Waals surface area contributed by atoms with Crippen LogP contribution in [-0.2, 0) is 6.42 Å². The highest BCUT2D eigenvalue weighted by atomic mass is 15.2. The zero-order valence-electron chi connectivity index (χ0n) is 33.6. The highest BCUT2D eigenvalue weighted by Crippen LogP contribution is 2.42. The molecule has 2 aromatic carbocycles. The molecule has 51 heavy (non-hydrogen) atoms. The van der Waals surface area contributed by atoms with E-state index in [1.807, 2.05) is 0 Å². The quantitative estimate of drug-likeness (QED) is 0.0482. The van der Waals surface area contributed by atoms with Gasteiger partial charge in [0.25, 0.3) is 0 Å². The van der Waals surface area contributed by atoms with Crippen molar-refractivity contribution in [1.29, 1.82) is 0 Å². The molecular weight excluding hydrogens is 617 g/mol. The summed E-state index contributed by atoms with van der Waals surface area (Å²) in [6.07, 6.45) is 35.0. The maximum atomic E-state index is 12.0. The molecular formula is C49H74N2. The fourth-order valence-corrected chi connectivity index (χ4v) is 7.59. The minimum atomic E-state index is 0.849. The Hall–Kier alpha value is -2.92. The molecule has 0 unspecified atom stereocenters. The maximum Gasteiger partial charge on any atom is 0.223 e. The molecule has 0 N–H and O–H groups in total. The summed E-state index contributed by atoms with van der Waals surface area (Å²) in [7, 11) is 0. The zero-order chi connectivity index (χ0) is 36.4. The van der Waals surface area contributed by atoms with Gasteiger partial charge in [-0.2, -0.15) is 0 Å². The van der Waals surface area contributed by atoms with Crippen molar-refractivity contribution in [3.8, 4) is 11.8 Å². The molecule has 1 heterocycles. The largest absolute Gasteiger partial charge is 0.493 e. The Labute approximate surface area is 315 Å². The average molecular weight is 691 g/mol. The second-order valence-corrected chi connectivity index (χ2v) is 15.4. The average Bonchev–Trinajstić information content (AvgIpc) is 3.41. The number of allylic oxidation sites excluding steroid dienone is 2.